The Hall–Kier alpha value is -2.42. The average Bonchev–Trinajstić information content (AvgIpc) is 2.86. The van der Waals surface area contributed by atoms with Crippen LogP contribution in [0.5, 0.6) is 5.75 Å². The largest absolute Gasteiger partial charge is 0.491 e. The molecule has 7 nitrogen and oxygen atoms in total. The third-order valence-corrected chi connectivity index (χ3v) is 9.28. The number of amides is 1. The van der Waals surface area contributed by atoms with E-state index in [9.17, 15) is 13.2 Å². The second kappa shape index (κ2) is 10.1. The maximum atomic E-state index is 13.1. The van der Waals surface area contributed by atoms with Crippen molar-refractivity contribution in [2.45, 2.75) is 42.9 Å². The topological polar surface area (TPSA) is 84.9 Å². The maximum Gasteiger partial charge on any atom is 0.243 e. The van der Waals surface area contributed by atoms with Crippen molar-refractivity contribution in [3.8, 4) is 5.75 Å². The fraction of sp³-hybridized carbons (Fsp3) is 0.500. The smallest absolute Gasteiger partial charge is 0.243 e. The molecular formula is C26H32N2O5S. The van der Waals surface area contributed by atoms with Crippen LogP contribution < -0.4 is 10.1 Å². The van der Waals surface area contributed by atoms with Gasteiger partial charge in [0.15, 0.2) is 0 Å². The molecule has 0 spiro atoms. The number of nitrogens with one attached hydrogen (secondary N) is 1. The van der Waals surface area contributed by atoms with Gasteiger partial charge in [0.05, 0.1) is 17.2 Å². The van der Waals surface area contributed by atoms with Crippen molar-refractivity contribution in [1.29, 1.82) is 0 Å². The van der Waals surface area contributed by atoms with Gasteiger partial charge in [0.2, 0.25) is 15.9 Å². The van der Waals surface area contributed by atoms with Crippen LogP contribution in [0.15, 0.2) is 53.4 Å². The van der Waals surface area contributed by atoms with Gasteiger partial charge in [0.1, 0.15) is 5.75 Å². The van der Waals surface area contributed by atoms with Crippen LogP contribution in [-0.2, 0) is 19.6 Å². The number of hydrogen-bond acceptors (Lipinski definition) is 5. The summed E-state index contributed by atoms with van der Waals surface area (Å²) in [6, 6.07) is 14.7. The van der Waals surface area contributed by atoms with Crippen molar-refractivity contribution in [3.05, 3.63) is 54.1 Å². The number of carbonyl (C=O) groups excluding carboxylic acids is 1. The number of anilines is 1. The Morgan fingerprint density at radius 1 is 0.912 bits per heavy atom. The highest BCUT2D eigenvalue weighted by atomic mass is 32.2. The van der Waals surface area contributed by atoms with Gasteiger partial charge < -0.3 is 14.8 Å². The standard InChI is InChI=1S/C26H32N2O5S/c29-26-17-21-8-12-28(34(30,31)23-4-2-1-3-5-23)18-22(21)11-15-33-25-7-6-20(16-24(25)27-26)19-9-13-32-14-10-19/h1-7,16,19,21-22H,8-15,17-18H2,(H,27,29)/t21-,22-/m0/s1. The summed E-state index contributed by atoms with van der Waals surface area (Å²) in [7, 11) is -3.54. The number of hydrogen-bond donors (Lipinski definition) is 1. The Morgan fingerprint density at radius 2 is 1.71 bits per heavy atom. The maximum absolute atomic E-state index is 13.1. The molecule has 2 atom stereocenters. The summed E-state index contributed by atoms with van der Waals surface area (Å²) in [5, 5.41) is 3.08. The molecule has 0 unspecified atom stereocenters. The number of rotatable bonds is 3. The van der Waals surface area contributed by atoms with Gasteiger partial charge in [-0.15, -0.1) is 0 Å². The predicted molar refractivity (Wildman–Crippen MR) is 129 cm³/mol. The average molecular weight is 485 g/mol. The number of fused-ring (bicyclic) bond motifs is 2. The fourth-order valence-electron chi connectivity index (χ4n) is 5.42. The molecule has 0 aliphatic carbocycles. The minimum atomic E-state index is -3.54. The molecule has 8 heteroatoms. The minimum Gasteiger partial charge on any atom is -0.491 e. The third-order valence-electron chi connectivity index (χ3n) is 7.40. The molecule has 3 aliphatic heterocycles. The first kappa shape index (κ1) is 23.3. The van der Waals surface area contributed by atoms with E-state index in [0.717, 1.165) is 31.7 Å². The number of benzene rings is 2. The Morgan fingerprint density at radius 3 is 2.50 bits per heavy atom. The summed E-state index contributed by atoms with van der Waals surface area (Å²) in [6.45, 7) is 2.86. The van der Waals surface area contributed by atoms with E-state index >= 15 is 0 Å². The van der Waals surface area contributed by atoms with Crippen LogP contribution in [-0.4, -0.2) is 51.5 Å². The first-order chi connectivity index (χ1) is 16.5. The van der Waals surface area contributed by atoms with Gasteiger partial charge >= 0.3 is 0 Å². The molecule has 2 fully saturated rings. The zero-order valence-corrected chi connectivity index (χ0v) is 20.1. The molecule has 5 rings (SSSR count). The monoisotopic (exact) mass is 484 g/mol. The van der Waals surface area contributed by atoms with E-state index in [2.05, 4.69) is 17.4 Å². The molecule has 0 radical (unpaired) electrons. The Labute approximate surface area is 201 Å². The highest BCUT2D eigenvalue weighted by Gasteiger charge is 2.36. The summed E-state index contributed by atoms with van der Waals surface area (Å²) in [5.74, 6) is 1.27. The summed E-state index contributed by atoms with van der Waals surface area (Å²) in [4.78, 5) is 13.3. The lowest BCUT2D eigenvalue weighted by Crippen LogP contribution is -2.45. The number of piperidine rings is 1. The number of carbonyl (C=O) groups is 1. The lowest BCUT2D eigenvalue weighted by atomic mass is 9.81. The van der Waals surface area contributed by atoms with Gasteiger partial charge in [-0.05, 0) is 73.3 Å². The molecular weight excluding hydrogens is 452 g/mol. The molecule has 2 saturated heterocycles. The molecule has 2 aromatic carbocycles. The van der Waals surface area contributed by atoms with E-state index in [-0.39, 0.29) is 17.7 Å². The van der Waals surface area contributed by atoms with Crippen LogP contribution in [0.25, 0.3) is 0 Å². The molecule has 34 heavy (non-hydrogen) atoms. The van der Waals surface area contributed by atoms with Gasteiger partial charge in [-0.3, -0.25) is 4.79 Å². The van der Waals surface area contributed by atoms with Crippen molar-refractivity contribution in [2.75, 3.05) is 38.2 Å². The minimum absolute atomic E-state index is 0.0368. The zero-order chi connectivity index (χ0) is 23.5. The van der Waals surface area contributed by atoms with E-state index in [4.69, 9.17) is 9.47 Å². The SMILES string of the molecule is O=C1C[C@@H]2CCN(S(=O)(=O)c3ccccc3)C[C@@H]2CCOc2ccc(C3CCOCC3)cc2N1. The van der Waals surface area contributed by atoms with E-state index < -0.39 is 10.0 Å². The fourth-order valence-corrected chi connectivity index (χ4v) is 6.95. The van der Waals surface area contributed by atoms with Crippen LogP contribution in [0.3, 0.4) is 0 Å². The van der Waals surface area contributed by atoms with Gasteiger partial charge in [-0.1, -0.05) is 24.3 Å². The molecule has 3 heterocycles. The van der Waals surface area contributed by atoms with Crippen LogP contribution >= 0.6 is 0 Å². The third kappa shape index (κ3) is 4.99. The van der Waals surface area contributed by atoms with E-state index in [1.54, 1.807) is 28.6 Å². The Balaban J connectivity index is 1.31. The van der Waals surface area contributed by atoms with Crippen molar-refractivity contribution < 1.29 is 22.7 Å². The lowest BCUT2D eigenvalue weighted by Gasteiger charge is -2.38. The molecule has 0 saturated carbocycles. The van der Waals surface area contributed by atoms with E-state index in [1.807, 2.05) is 12.1 Å². The molecule has 2 aromatic rings. The van der Waals surface area contributed by atoms with Crippen molar-refractivity contribution in [1.82, 2.24) is 4.31 Å². The second-order valence-corrected chi connectivity index (χ2v) is 11.5. The highest BCUT2D eigenvalue weighted by molar-refractivity contribution is 7.89. The molecule has 182 valence electrons. The summed E-state index contributed by atoms with van der Waals surface area (Å²) in [5.41, 5.74) is 1.94. The van der Waals surface area contributed by atoms with Crippen molar-refractivity contribution in [3.63, 3.8) is 0 Å². The van der Waals surface area contributed by atoms with Gasteiger partial charge in [0.25, 0.3) is 0 Å². The van der Waals surface area contributed by atoms with Crippen molar-refractivity contribution >= 4 is 21.6 Å². The summed E-state index contributed by atoms with van der Waals surface area (Å²) in [6.07, 6.45) is 3.74. The summed E-state index contributed by atoms with van der Waals surface area (Å²) < 4.78 is 39.4. The van der Waals surface area contributed by atoms with E-state index in [0.29, 0.717) is 55.5 Å². The second-order valence-electron chi connectivity index (χ2n) is 9.52. The van der Waals surface area contributed by atoms with Crippen LogP contribution in [0.1, 0.15) is 43.6 Å². The zero-order valence-electron chi connectivity index (χ0n) is 19.3. The van der Waals surface area contributed by atoms with Crippen LogP contribution in [0.4, 0.5) is 5.69 Å². The van der Waals surface area contributed by atoms with E-state index in [1.165, 1.54) is 5.56 Å². The highest BCUT2D eigenvalue weighted by Crippen LogP contribution is 2.37. The number of ether oxygens (including phenoxy) is 2. The van der Waals surface area contributed by atoms with Gasteiger partial charge in [-0.2, -0.15) is 4.31 Å². The summed E-state index contributed by atoms with van der Waals surface area (Å²) >= 11 is 0. The molecule has 0 bridgehead atoms. The van der Waals surface area contributed by atoms with Crippen molar-refractivity contribution in [2.24, 2.45) is 11.8 Å². The van der Waals surface area contributed by atoms with Gasteiger partial charge in [0, 0.05) is 32.7 Å². The molecule has 0 aromatic heterocycles. The lowest BCUT2D eigenvalue weighted by molar-refractivity contribution is -0.118. The Kier molecular flexibility index (Phi) is 6.90. The number of sulfonamides is 1. The predicted octanol–water partition coefficient (Wildman–Crippen LogP) is 4.02. The van der Waals surface area contributed by atoms with Crippen LogP contribution in [0.2, 0.25) is 0 Å². The quantitative estimate of drug-likeness (QED) is 0.711. The molecule has 1 amide bonds. The normalized spacial score (nSPS) is 24.9. The van der Waals surface area contributed by atoms with Gasteiger partial charge in [-0.25, -0.2) is 8.42 Å². The Bertz CT molecular complexity index is 1120. The molecule has 1 N–H and O–H groups in total. The van der Waals surface area contributed by atoms with Crippen LogP contribution in [0, 0.1) is 11.8 Å². The first-order valence-electron chi connectivity index (χ1n) is 12.2. The number of nitrogens with zero attached hydrogens (tertiary/aromatic N) is 1. The molecule has 3 aliphatic rings. The first-order valence-corrected chi connectivity index (χ1v) is 13.6.